The zero-order valence-corrected chi connectivity index (χ0v) is 23.7. The molecule has 4 rings (SSSR count). The Bertz CT molecular complexity index is 1470. The van der Waals surface area contributed by atoms with Crippen LogP contribution in [0.5, 0.6) is 0 Å². The van der Waals surface area contributed by atoms with Crippen molar-refractivity contribution in [3.8, 4) is 11.4 Å². The van der Waals surface area contributed by atoms with E-state index in [-0.39, 0.29) is 22.9 Å². The summed E-state index contributed by atoms with van der Waals surface area (Å²) in [6.45, 7) is 6.06. The van der Waals surface area contributed by atoms with Crippen LogP contribution in [0.2, 0.25) is 5.02 Å². The topological polar surface area (TPSA) is 103 Å². The number of nitrogens with zero attached hydrogens (tertiary/aromatic N) is 4. The molecule has 2 heterocycles. The van der Waals surface area contributed by atoms with Crippen LogP contribution in [0.15, 0.2) is 59.3 Å². The average Bonchev–Trinajstić information content (AvgIpc) is 3.52. The van der Waals surface area contributed by atoms with Crippen LogP contribution in [0.25, 0.3) is 11.4 Å². The quantitative estimate of drug-likeness (QED) is 0.197. The van der Waals surface area contributed by atoms with Crippen molar-refractivity contribution in [2.75, 3.05) is 6.54 Å². The Morgan fingerprint density at radius 1 is 1.05 bits per heavy atom. The van der Waals surface area contributed by atoms with Crippen molar-refractivity contribution in [2.24, 2.45) is 0 Å². The normalized spacial score (nSPS) is 12.0. The van der Waals surface area contributed by atoms with E-state index in [2.05, 4.69) is 20.6 Å². The molecule has 0 fully saturated rings. The summed E-state index contributed by atoms with van der Waals surface area (Å²) >= 11 is 23.4. The number of hydrogen-bond donors (Lipinski definition) is 1. The number of carbonyl (C=O) groups excluding carboxylic acids is 2. The number of carbonyl (C=O) groups is 2. The van der Waals surface area contributed by atoms with Crippen LogP contribution in [0.1, 0.15) is 58.6 Å². The fraction of sp³-hybridized carbons (Fsp3) is 0.269. The van der Waals surface area contributed by atoms with Crippen LogP contribution in [-0.4, -0.2) is 38.2 Å². The number of alkyl halides is 3. The summed E-state index contributed by atoms with van der Waals surface area (Å²) in [5.41, 5.74) is 1.89. The van der Waals surface area contributed by atoms with Gasteiger partial charge in [0.25, 0.3) is 15.6 Å². The number of rotatable bonds is 7. The molecule has 12 heteroatoms. The molecular formula is C26H23Cl4N5O3. The monoisotopic (exact) mass is 593 g/mol. The van der Waals surface area contributed by atoms with E-state index in [0.717, 1.165) is 5.56 Å². The third kappa shape index (κ3) is 6.38. The van der Waals surface area contributed by atoms with Crippen LogP contribution < -0.4 is 5.32 Å². The summed E-state index contributed by atoms with van der Waals surface area (Å²) in [5, 5.41) is 11.5. The molecule has 0 atom stereocenters. The summed E-state index contributed by atoms with van der Waals surface area (Å²) in [5.74, 6) is -0.556. The summed E-state index contributed by atoms with van der Waals surface area (Å²) in [6.07, 6.45) is 1.97. The van der Waals surface area contributed by atoms with E-state index >= 15 is 0 Å². The highest BCUT2D eigenvalue weighted by atomic mass is 35.6. The Labute approximate surface area is 239 Å². The first-order valence-corrected chi connectivity index (χ1v) is 13.0. The van der Waals surface area contributed by atoms with Crippen molar-refractivity contribution in [2.45, 2.75) is 36.5 Å². The smallest absolute Gasteiger partial charge is 0.279 e. The number of ketones is 1. The average molecular weight is 595 g/mol. The molecule has 0 aliphatic rings. The third-order valence-corrected chi connectivity index (χ3v) is 6.25. The van der Waals surface area contributed by atoms with Gasteiger partial charge in [0.2, 0.25) is 5.82 Å². The fourth-order valence-corrected chi connectivity index (χ4v) is 4.13. The standard InChI is InChI=1S/C26H23Cl4N5O3/c1-25(2,3)35-20(19(14-32-35)21(36)17-5-4-6-18(27)13-17)23(37)31-12-11-15-7-9-16(10-8-15)22-33-24(38-34-22)26(28,29)30/h4-10,13-14H,11-12H2,1-3H3,(H,31,37). The molecule has 0 saturated heterocycles. The van der Waals surface area contributed by atoms with Crippen LogP contribution in [-0.2, 0) is 15.8 Å². The van der Waals surface area contributed by atoms with Crippen LogP contribution >= 0.6 is 46.4 Å². The minimum atomic E-state index is -1.80. The van der Waals surface area contributed by atoms with Gasteiger partial charge in [0.15, 0.2) is 5.78 Å². The van der Waals surface area contributed by atoms with Gasteiger partial charge in [-0.15, -0.1) is 0 Å². The van der Waals surface area contributed by atoms with Crippen molar-refractivity contribution in [3.05, 3.63) is 88.0 Å². The van der Waals surface area contributed by atoms with Gasteiger partial charge in [0.05, 0.1) is 17.3 Å². The number of benzene rings is 2. The zero-order valence-electron chi connectivity index (χ0n) is 20.6. The first kappa shape index (κ1) is 28.1. The zero-order chi connectivity index (χ0) is 27.7. The van der Waals surface area contributed by atoms with Gasteiger partial charge in [-0.05, 0) is 44.9 Å². The molecule has 0 saturated carbocycles. The maximum atomic E-state index is 13.3. The second kappa shape index (κ2) is 11.1. The van der Waals surface area contributed by atoms with Gasteiger partial charge in [-0.2, -0.15) is 10.1 Å². The highest BCUT2D eigenvalue weighted by Crippen LogP contribution is 2.37. The molecular weight excluding hydrogens is 572 g/mol. The Morgan fingerprint density at radius 2 is 1.76 bits per heavy atom. The minimum Gasteiger partial charge on any atom is -0.350 e. The van der Waals surface area contributed by atoms with E-state index in [1.807, 2.05) is 32.9 Å². The van der Waals surface area contributed by atoms with Crippen LogP contribution in [0.4, 0.5) is 0 Å². The molecule has 38 heavy (non-hydrogen) atoms. The Kier molecular flexibility index (Phi) is 8.18. The second-order valence-electron chi connectivity index (χ2n) is 9.45. The molecule has 0 spiro atoms. The molecule has 4 aromatic rings. The van der Waals surface area contributed by atoms with Crippen LogP contribution in [0.3, 0.4) is 0 Å². The number of aromatic nitrogens is 4. The van der Waals surface area contributed by atoms with E-state index in [9.17, 15) is 9.59 Å². The molecule has 1 N–H and O–H groups in total. The minimum absolute atomic E-state index is 0.119. The van der Waals surface area contributed by atoms with Gasteiger partial charge >= 0.3 is 0 Å². The van der Waals surface area contributed by atoms with Crippen molar-refractivity contribution in [1.82, 2.24) is 25.2 Å². The first-order chi connectivity index (χ1) is 17.8. The summed E-state index contributed by atoms with van der Waals surface area (Å²) in [4.78, 5) is 30.6. The van der Waals surface area contributed by atoms with Crippen molar-refractivity contribution in [1.29, 1.82) is 0 Å². The maximum Gasteiger partial charge on any atom is 0.279 e. The summed E-state index contributed by atoms with van der Waals surface area (Å²) in [7, 11) is 0. The number of halogens is 4. The molecule has 0 aliphatic heterocycles. The van der Waals surface area contributed by atoms with E-state index in [4.69, 9.17) is 50.9 Å². The maximum absolute atomic E-state index is 13.3. The van der Waals surface area contributed by atoms with Crippen molar-refractivity contribution in [3.63, 3.8) is 0 Å². The molecule has 198 valence electrons. The van der Waals surface area contributed by atoms with Crippen molar-refractivity contribution >= 4 is 58.1 Å². The number of amides is 1. The van der Waals surface area contributed by atoms with Gasteiger partial charge in [-0.25, -0.2) is 0 Å². The van der Waals surface area contributed by atoms with E-state index < -0.39 is 15.2 Å². The lowest BCUT2D eigenvalue weighted by Gasteiger charge is -2.22. The van der Waals surface area contributed by atoms with E-state index in [1.165, 1.54) is 6.20 Å². The van der Waals surface area contributed by atoms with E-state index in [0.29, 0.717) is 34.9 Å². The lowest BCUT2D eigenvalue weighted by atomic mass is 10.0. The molecule has 0 radical (unpaired) electrons. The van der Waals surface area contributed by atoms with Gasteiger partial charge in [-0.3, -0.25) is 14.3 Å². The highest BCUT2D eigenvalue weighted by molar-refractivity contribution is 6.66. The third-order valence-electron chi connectivity index (χ3n) is 5.53. The second-order valence-corrected chi connectivity index (χ2v) is 12.2. The largest absolute Gasteiger partial charge is 0.350 e. The van der Waals surface area contributed by atoms with E-state index in [1.54, 1.807) is 41.1 Å². The van der Waals surface area contributed by atoms with Gasteiger partial charge in [-0.1, -0.05) is 88.0 Å². The molecule has 0 aliphatic carbocycles. The predicted octanol–water partition coefficient (Wildman–Crippen LogP) is 6.37. The lowest BCUT2D eigenvalue weighted by Crippen LogP contribution is -2.34. The number of nitrogens with one attached hydrogen (secondary N) is 1. The Morgan fingerprint density at radius 3 is 2.37 bits per heavy atom. The molecule has 0 bridgehead atoms. The number of hydrogen-bond acceptors (Lipinski definition) is 6. The van der Waals surface area contributed by atoms with Gasteiger partial charge in [0, 0.05) is 22.7 Å². The molecule has 8 nitrogen and oxygen atoms in total. The Balaban J connectivity index is 1.47. The molecule has 2 aromatic carbocycles. The predicted molar refractivity (Wildman–Crippen MR) is 147 cm³/mol. The SMILES string of the molecule is CC(C)(C)n1ncc(C(=O)c2cccc(Cl)c2)c1C(=O)NCCc1ccc(-c2noc(C(Cl)(Cl)Cl)n2)cc1. The van der Waals surface area contributed by atoms with Crippen molar-refractivity contribution < 1.29 is 14.1 Å². The van der Waals surface area contributed by atoms with Gasteiger partial charge < -0.3 is 9.84 Å². The lowest BCUT2D eigenvalue weighted by molar-refractivity contribution is 0.0925. The highest BCUT2D eigenvalue weighted by Gasteiger charge is 2.31. The summed E-state index contributed by atoms with van der Waals surface area (Å²) < 4.78 is 4.75. The Hall–Kier alpha value is -2.91. The summed E-state index contributed by atoms with van der Waals surface area (Å²) in [6, 6.07) is 14.0. The van der Waals surface area contributed by atoms with Crippen LogP contribution in [0, 0.1) is 0 Å². The fourth-order valence-electron chi connectivity index (χ4n) is 3.71. The first-order valence-electron chi connectivity index (χ1n) is 11.5. The molecule has 0 unspecified atom stereocenters. The van der Waals surface area contributed by atoms with Gasteiger partial charge in [0.1, 0.15) is 5.69 Å². The molecule has 1 amide bonds. The molecule has 2 aromatic heterocycles.